The minimum absolute atomic E-state index is 0.0231. The summed E-state index contributed by atoms with van der Waals surface area (Å²) in [5, 5.41) is 11.0. The van der Waals surface area contributed by atoms with Crippen molar-refractivity contribution in [2.45, 2.75) is 25.7 Å². The molecule has 0 fully saturated rings. The fourth-order valence-corrected chi connectivity index (χ4v) is 2.25. The highest BCUT2D eigenvalue weighted by molar-refractivity contribution is 7.92. The lowest BCUT2D eigenvalue weighted by Crippen LogP contribution is -2.16. The number of carbonyl (C=O) groups excluding carboxylic acids is 1. The van der Waals surface area contributed by atoms with Gasteiger partial charge in [0.2, 0.25) is 15.9 Å². The van der Waals surface area contributed by atoms with Crippen molar-refractivity contribution in [2.75, 3.05) is 16.3 Å². The Morgan fingerprint density at radius 1 is 1.18 bits per heavy atom. The maximum absolute atomic E-state index is 13.2. The Morgan fingerprint density at radius 2 is 1.82 bits per heavy atom. The molecule has 3 N–H and O–H groups in total. The van der Waals surface area contributed by atoms with Gasteiger partial charge >= 0.3 is 5.97 Å². The number of sulfonamides is 1. The van der Waals surface area contributed by atoms with Gasteiger partial charge in [-0.05, 0) is 25.0 Å². The van der Waals surface area contributed by atoms with Gasteiger partial charge in [-0.1, -0.05) is 0 Å². The number of halogens is 1. The van der Waals surface area contributed by atoms with Crippen molar-refractivity contribution in [2.24, 2.45) is 0 Å². The molecule has 0 aliphatic carbocycles. The number of aliphatic carboxylic acids is 1. The SMILES string of the molecule is CS(=O)(=O)Nc1cc(F)ccc1NC(=O)CCCCC(=O)O. The number of hydrogen-bond donors (Lipinski definition) is 3. The first-order valence-corrected chi connectivity index (χ1v) is 8.35. The number of carbonyl (C=O) groups is 2. The van der Waals surface area contributed by atoms with E-state index in [1.807, 2.05) is 0 Å². The smallest absolute Gasteiger partial charge is 0.303 e. The standard InChI is InChI=1S/C13H17FN2O5S/c1-22(20,21)16-11-8-9(14)6-7-10(11)15-12(17)4-2-3-5-13(18)19/h6-8,16H,2-5H2,1H3,(H,15,17)(H,18,19). The number of amides is 1. The van der Waals surface area contributed by atoms with Crippen LogP contribution >= 0.6 is 0 Å². The highest BCUT2D eigenvalue weighted by Crippen LogP contribution is 2.24. The molecule has 0 aromatic heterocycles. The predicted molar refractivity (Wildman–Crippen MR) is 79.6 cm³/mol. The highest BCUT2D eigenvalue weighted by atomic mass is 32.2. The van der Waals surface area contributed by atoms with Gasteiger partial charge in [-0.2, -0.15) is 0 Å². The first-order valence-electron chi connectivity index (χ1n) is 6.46. The van der Waals surface area contributed by atoms with Crippen molar-refractivity contribution in [3.63, 3.8) is 0 Å². The molecular weight excluding hydrogens is 315 g/mol. The molecule has 1 aromatic carbocycles. The minimum atomic E-state index is -3.62. The Hall–Kier alpha value is -2.16. The number of rotatable bonds is 8. The number of benzene rings is 1. The monoisotopic (exact) mass is 332 g/mol. The second-order valence-corrected chi connectivity index (χ2v) is 6.46. The van der Waals surface area contributed by atoms with E-state index >= 15 is 0 Å². The quantitative estimate of drug-likeness (QED) is 0.628. The third kappa shape index (κ3) is 7.02. The Kier molecular flexibility index (Phi) is 6.29. The summed E-state index contributed by atoms with van der Waals surface area (Å²) in [7, 11) is -3.62. The predicted octanol–water partition coefficient (Wildman–Crippen LogP) is 1.78. The molecular formula is C13H17FN2O5S. The van der Waals surface area contributed by atoms with Gasteiger partial charge in [0.05, 0.1) is 17.6 Å². The van der Waals surface area contributed by atoms with Gasteiger partial charge < -0.3 is 10.4 Å². The molecule has 9 heteroatoms. The van der Waals surface area contributed by atoms with Crippen LogP contribution < -0.4 is 10.0 Å². The summed E-state index contributed by atoms with van der Waals surface area (Å²) in [6.07, 6.45) is 1.72. The zero-order valence-electron chi connectivity index (χ0n) is 11.9. The molecule has 0 atom stereocenters. The van der Waals surface area contributed by atoms with Crippen LogP contribution in [0.25, 0.3) is 0 Å². The molecule has 0 radical (unpaired) electrons. The lowest BCUT2D eigenvalue weighted by molar-refractivity contribution is -0.137. The molecule has 0 spiro atoms. The van der Waals surface area contributed by atoms with E-state index in [2.05, 4.69) is 10.0 Å². The largest absolute Gasteiger partial charge is 0.481 e. The molecule has 22 heavy (non-hydrogen) atoms. The fourth-order valence-electron chi connectivity index (χ4n) is 1.68. The summed E-state index contributed by atoms with van der Waals surface area (Å²) in [4.78, 5) is 22.1. The lowest BCUT2D eigenvalue weighted by atomic mass is 10.2. The topological polar surface area (TPSA) is 113 Å². The van der Waals surface area contributed by atoms with Crippen LogP contribution in [-0.4, -0.2) is 31.7 Å². The number of anilines is 2. The van der Waals surface area contributed by atoms with Gasteiger partial charge in [-0.3, -0.25) is 14.3 Å². The number of unbranched alkanes of at least 4 members (excludes halogenated alkanes) is 1. The van der Waals surface area contributed by atoms with Crippen LogP contribution in [0.4, 0.5) is 15.8 Å². The average molecular weight is 332 g/mol. The van der Waals surface area contributed by atoms with Gasteiger partial charge in [-0.15, -0.1) is 0 Å². The Bertz CT molecular complexity index is 660. The van der Waals surface area contributed by atoms with Crippen molar-refractivity contribution >= 4 is 33.3 Å². The van der Waals surface area contributed by atoms with Crippen LogP contribution in [0.2, 0.25) is 0 Å². The molecule has 1 aromatic rings. The Morgan fingerprint density at radius 3 is 2.41 bits per heavy atom. The summed E-state index contributed by atoms with van der Waals surface area (Å²) in [6.45, 7) is 0. The molecule has 0 unspecified atom stereocenters. The third-order valence-electron chi connectivity index (χ3n) is 2.60. The van der Waals surface area contributed by atoms with E-state index in [4.69, 9.17) is 5.11 Å². The second kappa shape index (κ2) is 7.74. The molecule has 0 aliphatic rings. The lowest BCUT2D eigenvalue weighted by Gasteiger charge is -2.12. The Balaban J connectivity index is 2.68. The van der Waals surface area contributed by atoms with E-state index in [9.17, 15) is 22.4 Å². The summed E-state index contributed by atoms with van der Waals surface area (Å²) >= 11 is 0. The number of hydrogen-bond acceptors (Lipinski definition) is 4. The molecule has 0 bridgehead atoms. The molecule has 0 aliphatic heterocycles. The summed E-state index contributed by atoms with van der Waals surface area (Å²) < 4.78 is 37.7. The summed E-state index contributed by atoms with van der Waals surface area (Å²) in [6, 6.07) is 3.30. The van der Waals surface area contributed by atoms with Gasteiger partial charge in [0.15, 0.2) is 0 Å². The number of carboxylic acids is 1. The van der Waals surface area contributed by atoms with Gasteiger partial charge in [0.25, 0.3) is 0 Å². The zero-order chi connectivity index (χ0) is 16.8. The van der Waals surface area contributed by atoms with Crippen LogP contribution in [0.1, 0.15) is 25.7 Å². The van der Waals surface area contributed by atoms with E-state index in [1.54, 1.807) is 0 Å². The second-order valence-electron chi connectivity index (χ2n) is 4.71. The minimum Gasteiger partial charge on any atom is -0.481 e. The number of carboxylic acid groups (broad SMARTS) is 1. The molecule has 0 heterocycles. The van der Waals surface area contributed by atoms with E-state index in [-0.39, 0.29) is 24.2 Å². The van der Waals surface area contributed by atoms with Gasteiger partial charge in [0, 0.05) is 18.9 Å². The first kappa shape index (κ1) is 17.9. The summed E-state index contributed by atoms with van der Waals surface area (Å²) in [5.74, 6) is -1.99. The average Bonchev–Trinajstić information content (AvgIpc) is 2.36. The van der Waals surface area contributed by atoms with E-state index in [0.717, 1.165) is 18.4 Å². The summed E-state index contributed by atoms with van der Waals surface area (Å²) in [5.41, 5.74) is 0.0662. The van der Waals surface area contributed by atoms with Crippen molar-refractivity contribution in [3.8, 4) is 0 Å². The molecule has 1 rings (SSSR count). The molecule has 0 saturated heterocycles. The van der Waals surface area contributed by atoms with Crippen LogP contribution in [0.15, 0.2) is 18.2 Å². The Labute approximate surface area is 127 Å². The maximum atomic E-state index is 13.2. The molecule has 0 saturated carbocycles. The van der Waals surface area contributed by atoms with Crippen LogP contribution in [-0.2, 0) is 19.6 Å². The maximum Gasteiger partial charge on any atom is 0.303 e. The molecule has 1 amide bonds. The third-order valence-corrected chi connectivity index (χ3v) is 3.19. The van der Waals surface area contributed by atoms with E-state index < -0.39 is 27.7 Å². The van der Waals surface area contributed by atoms with Gasteiger partial charge in [0.1, 0.15) is 5.82 Å². The van der Waals surface area contributed by atoms with Crippen molar-refractivity contribution in [3.05, 3.63) is 24.0 Å². The highest BCUT2D eigenvalue weighted by Gasteiger charge is 2.11. The molecule has 7 nitrogen and oxygen atoms in total. The van der Waals surface area contributed by atoms with E-state index in [1.165, 1.54) is 6.07 Å². The van der Waals surface area contributed by atoms with E-state index in [0.29, 0.717) is 12.8 Å². The first-order chi connectivity index (χ1) is 10.2. The van der Waals surface area contributed by atoms with Crippen molar-refractivity contribution in [1.82, 2.24) is 0 Å². The zero-order valence-corrected chi connectivity index (χ0v) is 12.7. The van der Waals surface area contributed by atoms with Crippen LogP contribution in [0.3, 0.4) is 0 Å². The van der Waals surface area contributed by atoms with Crippen molar-refractivity contribution in [1.29, 1.82) is 0 Å². The normalized spacial score (nSPS) is 11.0. The fraction of sp³-hybridized carbons (Fsp3) is 0.385. The van der Waals surface area contributed by atoms with Crippen molar-refractivity contribution < 1.29 is 27.5 Å². The van der Waals surface area contributed by atoms with Crippen LogP contribution in [0.5, 0.6) is 0 Å². The number of nitrogens with one attached hydrogen (secondary N) is 2. The van der Waals surface area contributed by atoms with Crippen LogP contribution in [0, 0.1) is 5.82 Å². The van der Waals surface area contributed by atoms with Gasteiger partial charge in [-0.25, -0.2) is 12.8 Å². The molecule has 122 valence electrons.